The lowest BCUT2D eigenvalue weighted by atomic mass is 9.74. The van der Waals surface area contributed by atoms with Crippen LogP contribution >= 0.6 is 24.8 Å². The number of hydrogen-bond acceptors (Lipinski definition) is 5. The summed E-state index contributed by atoms with van der Waals surface area (Å²) in [7, 11) is 1.70. The molecule has 8 heteroatoms. The van der Waals surface area contributed by atoms with Crippen molar-refractivity contribution in [1.82, 2.24) is 9.80 Å². The van der Waals surface area contributed by atoms with E-state index in [1.165, 1.54) is 31.2 Å². The summed E-state index contributed by atoms with van der Waals surface area (Å²) in [6.45, 7) is 2.30. The van der Waals surface area contributed by atoms with Crippen molar-refractivity contribution in [3.63, 3.8) is 0 Å². The van der Waals surface area contributed by atoms with Gasteiger partial charge in [-0.25, -0.2) is 0 Å². The summed E-state index contributed by atoms with van der Waals surface area (Å²) in [6.07, 6.45) is 4.83. The van der Waals surface area contributed by atoms with Crippen molar-refractivity contribution in [3.05, 3.63) is 29.8 Å². The number of amides is 1. The van der Waals surface area contributed by atoms with Gasteiger partial charge in [-0.15, -0.1) is 24.8 Å². The molecule has 0 spiro atoms. The molecule has 0 radical (unpaired) electrons. The third-order valence-electron chi connectivity index (χ3n) is 6.71. The highest BCUT2D eigenvalue weighted by molar-refractivity contribution is 5.85. The smallest absolute Gasteiger partial charge is 0.241 e. The SMILES string of the molecule is COc1ccc([C@H]2CCC[C@H]3[C@@H]4C[C@@H](CN(C(=O)[C@@H](N)CO)C4)CN23)cc1.Cl.Cl. The maximum atomic E-state index is 12.5. The highest BCUT2D eigenvalue weighted by Gasteiger charge is 2.46. The number of halogens is 2. The molecule has 3 N–H and O–H groups in total. The predicted octanol–water partition coefficient (Wildman–Crippen LogP) is 2.23. The van der Waals surface area contributed by atoms with Gasteiger partial charge in [0.1, 0.15) is 11.8 Å². The molecule has 0 aromatic heterocycles. The number of likely N-dealkylation sites (tertiary alicyclic amines) is 1. The molecule has 3 aliphatic rings. The Labute approximate surface area is 185 Å². The van der Waals surface area contributed by atoms with Crippen molar-refractivity contribution >= 4 is 30.7 Å². The molecule has 1 aromatic rings. The normalized spacial score (nSPS) is 29.7. The summed E-state index contributed by atoms with van der Waals surface area (Å²) in [5.41, 5.74) is 7.16. The van der Waals surface area contributed by atoms with Crippen LogP contribution in [0.25, 0.3) is 0 Å². The molecule has 5 atom stereocenters. The standard InChI is InChI=1S/C21H31N3O3.2ClH/c1-27-17-7-5-15(6-8-17)19-3-2-4-20-16-9-14(11-24(19)20)10-23(12-16)21(26)18(22)13-25;;/h5-8,14,16,18-20,25H,2-4,9-13,22H2,1H3;2*1H/t14-,16+,18-,19+,20-;;/m0../s1. The van der Waals surface area contributed by atoms with Gasteiger partial charge in [-0.1, -0.05) is 12.1 Å². The Morgan fingerprint density at radius 1 is 1.21 bits per heavy atom. The van der Waals surface area contributed by atoms with Gasteiger partial charge in [0.05, 0.1) is 13.7 Å². The van der Waals surface area contributed by atoms with Crippen molar-refractivity contribution < 1.29 is 14.6 Å². The first-order valence-electron chi connectivity index (χ1n) is 10.2. The lowest BCUT2D eigenvalue weighted by molar-refractivity contribution is -0.141. The molecule has 1 amide bonds. The molecule has 3 heterocycles. The quantitative estimate of drug-likeness (QED) is 0.742. The van der Waals surface area contributed by atoms with Crippen LogP contribution in [-0.4, -0.2) is 66.2 Å². The van der Waals surface area contributed by atoms with E-state index in [1.54, 1.807) is 7.11 Å². The zero-order valence-corrected chi connectivity index (χ0v) is 18.5. The van der Waals surface area contributed by atoms with Crippen molar-refractivity contribution in [2.75, 3.05) is 33.4 Å². The van der Waals surface area contributed by atoms with Crippen LogP contribution in [0.15, 0.2) is 24.3 Å². The van der Waals surface area contributed by atoms with Crippen LogP contribution < -0.4 is 10.5 Å². The molecule has 2 bridgehead atoms. The van der Waals surface area contributed by atoms with E-state index in [0.717, 1.165) is 25.4 Å². The Balaban J connectivity index is 0.00000150. The van der Waals surface area contributed by atoms with E-state index in [2.05, 4.69) is 29.2 Å². The van der Waals surface area contributed by atoms with Crippen LogP contribution in [0.2, 0.25) is 0 Å². The minimum atomic E-state index is -0.779. The van der Waals surface area contributed by atoms with E-state index in [9.17, 15) is 9.90 Å². The third kappa shape index (κ3) is 4.83. The van der Waals surface area contributed by atoms with Crippen molar-refractivity contribution in [1.29, 1.82) is 0 Å². The van der Waals surface area contributed by atoms with Gasteiger partial charge in [-0.2, -0.15) is 0 Å². The second kappa shape index (κ2) is 10.3. The summed E-state index contributed by atoms with van der Waals surface area (Å²) < 4.78 is 5.31. The Morgan fingerprint density at radius 3 is 2.59 bits per heavy atom. The minimum absolute atomic E-state index is 0. The second-order valence-electron chi connectivity index (χ2n) is 8.38. The molecule has 29 heavy (non-hydrogen) atoms. The summed E-state index contributed by atoms with van der Waals surface area (Å²) >= 11 is 0. The monoisotopic (exact) mass is 445 g/mol. The molecular formula is C21H33Cl2N3O3. The van der Waals surface area contributed by atoms with Crippen molar-refractivity contribution in [2.24, 2.45) is 17.6 Å². The van der Waals surface area contributed by atoms with Crippen LogP contribution in [0, 0.1) is 11.8 Å². The fourth-order valence-electron chi connectivity index (χ4n) is 5.48. The van der Waals surface area contributed by atoms with Gasteiger partial charge < -0.3 is 20.5 Å². The van der Waals surface area contributed by atoms with E-state index in [-0.39, 0.29) is 37.3 Å². The molecule has 164 valence electrons. The number of fused-ring (bicyclic) bond motifs is 4. The molecule has 0 aliphatic carbocycles. The first-order valence-corrected chi connectivity index (χ1v) is 10.2. The Hall–Kier alpha value is -1.05. The number of nitrogens with zero attached hydrogens (tertiary/aromatic N) is 2. The van der Waals surface area contributed by atoms with Gasteiger partial charge in [0.2, 0.25) is 5.91 Å². The van der Waals surface area contributed by atoms with Gasteiger partial charge in [-0.3, -0.25) is 9.69 Å². The van der Waals surface area contributed by atoms with Crippen LogP contribution in [-0.2, 0) is 4.79 Å². The van der Waals surface area contributed by atoms with E-state index in [1.807, 2.05) is 4.90 Å². The van der Waals surface area contributed by atoms with Gasteiger partial charge in [0.15, 0.2) is 0 Å². The number of hydrogen-bond donors (Lipinski definition) is 2. The molecule has 0 unspecified atom stereocenters. The molecule has 4 rings (SSSR count). The van der Waals surface area contributed by atoms with Crippen molar-refractivity contribution in [2.45, 2.75) is 43.8 Å². The lowest BCUT2D eigenvalue weighted by Gasteiger charge is -2.55. The number of piperidine rings is 3. The molecule has 3 aliphatic heterocycles. The summed E-state index contributed by atoms with van der Waals surface area (Å²) in [4.78, 5) is 17.1. The van der Waals surface area contributed by atoms with Crippen LogP contribution in [0.3, 0.4) is 0 Å². The Kier molecular flexibility index (Phi) is 8.61. The number of aliphatic hydroxyl groups excluding tert-OH is 1. The van der Waals surface area contributed by atoms with Crippen LogP contribution in [0.4, 0.5) is 0 Å². The van der Waals surface area contributed by atoms with E-state index in [0.29, 0.717) is 23.9 Å². The molecule has 0 saturated carbocycles. The number of benzene rings is 1. The summed E-state index contributed by atoms with van der Waals surface area (Å²) in [6, 6.07) is 8.72. The number of nitrogens with two attached hydrogens (primary N) is 1. The van der Waals surface area contributed by atoms with Gasteiger partial charge in [0.25, 0.3) is 0 Å². The van der Waals surface area contributed by atoms with Crippen LogP contribution in [0.5, 0.6) is 5.75 Å². The number of ether oxygens (including phenoxy) is 1. The number of methoxy groups -OCH3 is 1. The maximum absolute atomic E-state index is 12.5. The minimum Gasteiger partial charge on any atom is -0.497 e. The fourth-order valence-corrected chi connectivity index (χ4v) is 5.48. The molecule has 3 fully saturated rings. The van der Waals surface area contributed by atoms with Gasteiger partial charge >= 0.3 is 0 Å². The zero-order chi connectivity index (χ0) is 19.0. The molecule has 6 nitrogen and oxygen atoms in total. The lowest BCUT2D eigenvalue weighted by Crippen LogP contribution is -2.62. The highest BCUT2D eigenvalue weighted by Crippen LogP contribution is 2.44. The van der Waals surface area contributed by atoms with E-state index in [4.69, 9.17) is 10.5 Å². The van der Waals surface area contributed by atoms with Gasteiger partial charge in [0, 0.05) is 31.7 Å². The Bertz CT molecular complexity index is 676. The van der Waals surface area contributed by atoms with Crippen LogP contribution in [0.1, 0.15) is 37.3 Å². The predicted molar refractivity (Wildman–Crippen MR) is 118 cm³/mol. The first-order chi connectivity index (χ1) is 13.1. The maximum Gasteiger partial charge on any atom is 0.241 e. The second-order valence-corrected chi connectivity index (χ2v) is 8.38. The zero-order valence-electron chi connectivity index (χ0n) is 16.9. The topological polar surface area (TPSA) is 79.0 Å². The summed E-state index contributed by atoms with van der Waals surface area (Å²) in [5, 5.41) is 9.23. The molecule has 3 saturated heterocycles. The number of rotatable bonds is 4. The first kappa shape index (κ1) is 24.2. The third-order valence-corrected chi connectivity index (χ3v) is 6.71. The number of carbonyl (C=O) groups is 1. The number of carbonyl (C=O) groups excluding carboxylic acids is 1. The van der Waals surface area contributed by atoms with Gasteiger partial charge in [-0.05, 0) is 55.2 Å². The Morgan fingerprint density at radius 2 is 1.93 bits per heavy atom. The number of aliphatic hydroxyl groups is 1. The summed E-state index contributed by atoms with van der Waals surface area (Å²) in [5.74, 6) is 1.81. The van der Waals surface area contributed by atoms with Crippen molar-refractivity contribution in [3.8, 4) is 5.75 Å². The highest BCUT2D eigenvalue weighted by atomic mass is 35.5. The van der Waals surface area contributed by atoms with E-state index < -0.39 is 6.04 Å². The molecule has 1 aromatic carbocycles. The largest absolute Gasteiger partial charge is 0.497 e. The molecular weight excluding hydrogens is 413 g/mol. The fraction of sp³-hybridized carbons (Fsp3) is 0.667. The van der Waals surface area contributed by atoms with E-state index >= 15 is 0 Å². The average molecular weight is 446 g/mol. The average Bonchev–Trinajstić information content (AvgIpc) is 2.72.